The largest absolute Gasteiger partial charge is 0.481 e. The zero-order valence-electron chi connectivity index (χ0n) is 10.6. The molecule has 18 heavy (non-hydrogen) atoms. The van der Waals surface area contributed by atoms with Crippen LogP contribution in [0.5, 0.6) is 0 Å². The fourth-order valence-corrected chi connectivity index (χ4v) is 1.66. The van der Waals surface area contributed by atoms with E-state index in [1.54, 1.807) is 38.1 Å². The first kappa shape index (κ1) is 14.0. The number of benzene rings is 1. The Morgan fingerprint density at radius 2 is 1.83 bits per heavy atom. The van der Waals surface area contributed by atoms with Crippen LogP contribution >= 0.6 is 0 Å². The van der Waals surface area contributed by atoms with Crippen molar-refractivity contribution in [3.63, 3.8) is 0 Å². The highest BCUT2D eigenvalue weighted by atomic mass is 16.4. The minimum absolute atomic E-state index is 0.111. The summed E-state index contributed by atoms with van der Waals surface area (Å²) in [6, 6.07) is 7.01. The van der Waals surface area contributed by atoms with Crippen LogP contribution in [-0.4, -0.2) is 22.5 Å². The van der Waals surface area contributed by atoms with Gasteiger partial charge in [0.2, 0.25) is 5.91 Å². The SMILES string of the molecule is CC(C)(CC(=O)O)NC(=O)Cc1ccc(N)cc1. The quantitative estimate of drug-likeness (QED) is 0.684. The van der Waals surface area contributed by atoms with Crippen molar-refractivity contribution < 1.29 is 14.7 Å². The number of hydrogen-bond donors (Lipinski definition) is 3. The Bertz CT molecular complexity index is 438. The minimum Gasteiger partial charge on any atom is -0.481 e. The maximum Gasteiger partial charge on any atom is 0.305 e. The molecular weight excluding hydrogens is 232 g/mol. The first-order valence-electron chi connectivity index (χ1n) is 5.66. The van der Waals surface area contributed by atoms with E-state index in [1.807, 2.05) is 0 Å². The lowest BCUT2D eigenvalue weighted by Gasteiger charge is -2.24. The van der Waals surface area contributed by atoms with E-state index >= 15 is 0 Å². The summed E-state index contributed by atoms with van der Waals surface area (Å²) in [5, 5.41) is 11.4. The van der Waals surface area contributed by atoms with Gasteiger partial charge in [-0.3, -0.25) is 9.59 Å². The van der Waals surface area contributed by atoms with Gasteiger partial charge < -0.3 is 16.2 Å². The van der Waals surface area contributed by atoms with Gasteiger partial charge in [-0.2, -0.15) is 0 Å². The van der Waals surface area contributed by atoms with E-state index in [2.05, 4.69) is 5.32 Å². The van der Waals surface area contributed by atoms with Crippen LogP contribution in [0.3, 0.4) is 0 Å². The zero-order chi connectivity index (χ0) is 13.8. The van der Waals surface area contributed by atoms with Crippen molar-refractivity contribution in [2.75, 3.05) is 5.73 Å². The molecule has 0 bridgehead atoms. The Balaban J connectivity index is 2.56. The summed E-state index contributed by atoms with van der Waals surface area (Å²) in [7, 11) is 0. The lowest BCUT2D eigenvalue weighted by atomic mass is 10.00. The molecule has 0 aliphatic rings. The minimum atomic E-state index is -0.937. The fraction of sp³-hybridized carbons (Fsp3) is 0.385. The number of nitrogens with two attached hydrogens (primary N) is 1. The molecule has 5 nitrogen and oxygen atoms in total. The molecular formula is C13H18N2O3. The predicted octanol–water partition coefficient (Wildman–Crippen LogP) is 1.18. The van der Waals surface area contributed by atoms with Gasteiger partial charge in [0.25, 0.3) is 0 Å². The number of carbonyl (C=O) groups is 2. The summed E-state index contributed by atoms with van der Waals surface area (Å²) >= 11 is 0. The molecule has 0 saturated carbocycles. The van der Waals surface area contributed by atoms with Crippen LogP contribution in [-0.2, 0) is 16.0 Å². The molecule has 98 valence electrons. The van der Waals surface area contributed by atoms with Crippen molar-refractivity contribution >= 4 is 17.6 Å². The number of aliphatic carboxylic acids is 1. The molecule has 0 spiro atoms. The monoisotopic (exact) mass is 250 g/mol. The molecule has 0 radical (unpaired) electrons. The number of carboxylic acid groups (broad SMARTS) is 1. The normalized spacial score (nSPS) is 11.0. The van der Waals surface area contributed by atoms with Crippen LogP contribution in [0.25, 0.3) is 0 Å². The van der Waals surface area contributed by atoms with Gasteiger partial charge in [-0.25, -0.2) is 0 Å². The summed E-state index contributed by atoms with van der Waals surface area (Å²) in [5.41, 5.74) is 6.28. The van der Waals surface area contributed by atoms with Crippen molar-refractivity contribution in [2.45, 2.75) is 32.2 Å². The molecule has 0 unspecified atom stereocenters. The first-order valence-corrected chi connectivity index (χ1v) is 5.66. The average Bonchev–Trinajstić information content (AvgIpc) is 2.18. The fourth-order valence-electron chi connectivity index (χ4n) is 1.66. The molecule has 0 aliphatic heterocycles. The van der Waals surface area contributed by atoms with Crippen molar-refractivity contribution in [2.24, 2.45) is 0 Å². The van der Waals surface area contributed by atoms with E-state index in [0.717, 1.165) is 5.56 Å². The lowest BCUT2D eigenvalue weighted by Crippen LogP contribution is -2.45. The van der Waals surface area contributed by atoms with Gasteiger partial charge >= 0.3 is 5.97 Å². The third kappa shape index (κ3) is 4.86. The highest BCUT2D eigenvalue weighted by Gasteiger charge is 2.23. The molecule has 0 aliphatic carbocycles. The molecule has 0 atom stereocenters. The standard InChI is InChI=1S/C13H18N2O3/c1-13(2,8-12(17)18)15-11(16)7-9-3-5-10(14)6-4-9/h3-6H,7-8,14H2,1-2H3,(H,15,16)(H,17,18). The number of hydrogen-bond acceptors (Lipinski definition) is 3. The van der Waals surface area contributed by atoms with Crippen molar-refractivity contribution in [1.82, 2.24) is 5.32 Å². The van der Waals surface area contributed by atoms with Crippen LogP contribution in [0.1, 0.15) is 25.8 Å². The smallest absolute Gasteiger partial charge is 0.305 e. The van der Waals surface area contributed by atoms with Gasteiger partial charge in [0, 0.05) is 11.2 Å². The Morgan fingerprint density at radius 1 is 1.28 bits per heavy atom. The number of rotatable bonds is 5. The van der Waals surface area contributed by atoms with Crippen molar-refractivity contribution in [3.05, 3.63) is 29.8 Å². The molecule has 0 heterocycles. The first-order chi connectivity index (χ1) is 8.28. The molecule has 1 amide bonds. The van der Waals surface area contributed by atoms with Crippen LogP contribution in [0.2, 0.25) is 0 Å². The second-order valence-electron chi connectivity index (χ2n) is 4.92. The molecule has 0 aromatic heterocycles. The Labute approximate surface area is 106 Å². The van der Waals surface area contributed by atoms with E-state index in [1.165, 1.54) is 0 Å². The van der Waals surface area contributed by atoms with Crippen molar-refractivity contribution in [3.8, 4) is 0 Å². The summed E-state index contributed by atoms with van der Waals surface area (Å²) in [4.78, 5) is 22.4. The second-order valence-corrected chi connectivity index (χ2v) is 4.92. The topological polar surface area (TPSA) is 92.4 Å². The van der Waals surface area contributed by atoms with Gasteiger partial charge in [-0.15, -0.1) is 0 Å². The number of nitrogen functional groups attached to an aromatic ring is 1. The zero-order valence-corrected chi connectivity index (χ0v) is 10.6. The Morgan fingerprint density at radius 3 is 2.33 bits per heavy atom. The van der Waals surface area contributed by atoms with Crippen LogP contribution < -0.4 is 11.1 Å². The average molecular weight is 250 g/mol. The second kappa shape index (κ2) is 5.53. The highest BCUT2D eigenvalue weighted by Crippen LogP contribution is 2.10. The summed E-state index contributed by atoms with van der Waals surface area (Å²) in [5.74, 6) is -1.14. The van der Waals surface area contributed by atoms with Crippen LogP contribution in [0.15, 0.2) is 24.3 Å². The highest BCUT2D eigenvalue weighted by molar-refractivity contribution is 5.80. The van der Waals surface area contributed by atoms with E-state index in [4.69, 9.17) is 10.8 Å². The third-order valence-corrected chi connectivity index (χ3v) is 2.42. The predicted molar refractivity (Wildman–Crippen MR) is 69.0 cm³/mol. The number of amides is 1. The molecule has 1 aromatic rings. The van der Waals surface area contributed by atoms with Crippen LogP contribution in [0, 0.1) is 0 Å². The maximum absolute atomic E-state index is 11.8. The maximum atomic E-state index is 11.8. The van der Waals surface area contributed by atoms with E-state index in [-0.39, 0.29) is 18.7 Å². The van der Waals surface area contributed by atoms with Gasteiger partial charge in [0.15, 0.2) is 0 Å². The molecule has 1 rings (SSSR count). The number of nitrogens with one attached hydrogen (secondary N) is 1. The van der Waals surface area contributed by atoms with E-state index in [9.17, 15) is 9.59 Å². The number of carboxylic acids is 1. The van der Waals surface area contributed by atoms with Gasteiger partial charge in [-0.1, -0.05) is 12.1 Å². The van der Waals surface area contributed by atoms with Gasteiger partial charge in [0.1, 0.15) is 0 Å². The number of carbonyl (C=O) groups excluding carboxylic acids is 1. The summed E-state index contributed by atoms with van der Waals surface area (Å²) < 4.78 is 0. The lowest BCUT2D eigenvalue weighted by molar-refractivity contribution is -0.138. The van der Waals surface area contributed by atoms with Gasteiger partial charge in [-0.05, 0) is 31.5 Å². The molecule has 0 fully saturated rings. The molecule has 5 heteroatoms. The summed E-state index contributed by atoms with van der Waals surface area (Å²) in [6.07, 6.45) is 0.101. The summed E-state index contributed by atoms with van der Waals surface area (Å²) in [6.45, 7) is 3.37. The van der Waals surface area contributed by atoms with Crippen LogP contribution in [0.4, 0.5) is 5.69 Å². The Kier molecular flexibility index (Phi) is 4.31. The molecule has 4 N–H and O–H groups in total. The van der Waals surface area contributed by atoms with Crippen molar-refractivity contribution in [1.29, 1.82) is 0 Å². The molecule has 0 saturated heterocycles. The number of anilines is 1. The van der Waals surface area contributed by atoms with E-state index < -0.39 is 11.5 Å². The third-order valence-electron chi connectivity index (χ3n) is 2.42. The molecule has 1 aromatic carbocycles. The Hall–Kier alpha value is -2.04. The van der Waals surface area contributed by atoms with E-state index in [0.29, 0.717) is 5.69 Å². The van der Waals surface area contributed by atoms with Gasteiger partial charge in [0.05, 0.1) is 12.8 Å².